The van der Waals surface area contributed by atoms with Crippen LogP contribution in [0.15, 0.2) is 0 Å². The van der Waals surface area contributed by atoms with Crippen LogP contribution in [0.3, 0.4) is 0 Å². The molecule has 0 saturated heterocycles. The van der Waals surface area contributed by atoms with E-state index in [0.717, 1.165) is 6.61 Å². The topological polar surface area (TPSA) is 12.5 Å². The molecule has 0 spiro atoms. The number of rotatable bonds is 6. The highest BCUT2D eigenvalue weighted by molar-refractivity contribution is 4.86. The molecular weight excluding hydrogens is 210 g/mol. The molecule has 2 heteroatoms. The predicted octanol–water partition coefficient (Wildman–Crippen LogP) is 3.70. The van der Waals surface area contributed by atoms with Gasteiger partial charge in [0.2, 0.25) is 0 Å². The Morgan fingerprint density at radius 1 is 1.06 bits per heavy atom. The van der Waals surface area contributed by atoms with Gasteiger partial charge in [-0.3, -0.25) is 0 Å². The van der Waals surface area contributed by atoms with E-state index < -0.39 is 0 Å². The van der Waals surface area contributed by atoms with Crippen molar-refractivity contribution in [3.8, 4) is 0 Å². The second-order valence-corrected chi connectivity index (χ2v) is 6.43. The maximum absolute atomic E-state index is 5.94. The van der Waals surface area contributed by atoms with Crippen LogP contribution < -0.4 is 0 Å². The first-order valence-corrected chi connectivity index (χ1v) is 7.27. The molecule has 0 bridgehead atoms. The molecule has 0 aromatic carbocycles. The highest BCUT2D eigenvalue weighted by Gasteiger charge is 2.34. The van der Waals surface area contributed by atoms with Gasteiger partial charge in [0, 0.05) is 18.0 Å². The quantitative estimate of drug-likeness (QED) is 0.703. The minimum absolute atomic E-state index is 0.359. The molecule has 1 saturated carbocycles. The lowest BCUT2D eigenvalue weighted by Gasteiger charge is -2.41. The summed E-state index contributed by atoms with van der Waals surface area (Å²) in [6, 6.07) is 0.632. The molecule has 1 fully saturated rings. The van der Waals surface area contributed by atoms with Crippen LogP contribution in [0.2, 0.25) is 0 Å². The molecule has 0 aromatic rings. The van der Waals surface area contributed by atoms with E-state index >= 15 is 0 Å². The normalized spacial score (nSPS) is 20.5. The molecule has 102 valence electrons. The van der Waals surface area contributed by atoms with Gasteiger partial charge in [0.15, 0.2) is 0 Å². The Labute approximate surface area is 108 Å². The molecular formula is C15H31NO. The van der Waals surface area contributed by atoms with Crippen molar-refractivity contribution < 1.29 is 4.74 Å². The molecule has 0 heterocycles. The Morgan fingerprint density at radius 2 is 1.65 bits per heavy atom. The second-order valence-electron chi connectivity index (χ2n) is 6.43. The summed E-state index contributed by atoms with van der Waals surface area (Å²) in [4.78, 5) is 2.48. The van der Waals surface area contributed by atoms with Gasteiger partial charge in [-0.05, 0) is 47.6 Å². The molecule has 0 atom stereocenters. The van der Waals surface area contributed by atoms with Crippen molar-refractivity contribution in [2.45, 2.75) is 71.9 Å². The van der Waals surface area contributed by atoms with E-state index in [4.69, 9.17) is 4.74 Å². The van der Waals surface area contributed by atoms with Crippen LogP contribution in [0.5, 0.6) is 0 Å². The number of ether oxygens (including phenoxy) is 1. The van der Waals surface area contributed by atoms with Crippen molar-refractivity contribution >= 4 is 0 Å². The predicted molar refractivity (Wildman–Crippen MR) is 74.4 cm³/mol. The van der Waals surface area contributed by atoms with Crippen LogP contribution in [0, 0.1) is 5.41 Å². The van der Waals surface area contributed by atoms with Gasteiger partial charge in [0.25, 0.3) is 0 Å². The highest BCUT2D eigenvalue weighted by atomic mass is 16.5. The van der Waals surface area contributed by atoms with Crippen molar-refractivity contribution in [2.24, 2.45) is 5.41 Å². The molecule has 17 heavy (non-hydrogen) atoms. The van der Waals surface area contributed by atoms with Crippen LogP contribution in [0.4, 0.5) is 0 Å². The largest absolute Gasteiger partial charge is 0.378 e. The first-order chi connectivity index (χ1) is 7.95. The van der Waals surface area contributed by atoms with Gasteiger partial charge >= 0.3 is 0 Å². The minimum atomic E-state index is 0.359. The Hall–Kier alpha value is -0.0800. The number of hydrogen-bond donors (Lipinski definition) is 0. The lowest BCUT2D eigenvalue weighted by molar-refractivity contribution is -0.0284. The van der Waals surface area contributed by atoms with Gasteiger partial charge in [-0.25, -0.2) is 0 Å². The van der Waals surface area contributed by atoms with Gasteiger partial charge in [0.05, 0.1) is 12.7 Å². The molecule has 1 aliphatic carbocycles. The standard InChI is InChI=1S/C15H31NO/c1-13(2)16(5)11-15(12-17-14(3)4)9-7-6-8-10-15/h13-14H,6-12H2,1-5H3. The molecule has 0 aliphatic heterocycles. The third kappa shape index (κ3) is 4.97. The second kappa shape index (κ2) is 6.75. The molecule has 0 unspecified atom stereocenters. The van der Waals surface area contributed by atoms with Gasteiger partial charge in [-0.1, -0.05) is 19.3 Å². The van der Waals surface area contributed by atoms with Crippen molar-refractivity contribution in [3.05, 3.63) is 0 Å². The summed E-state index contributed by atoms with van der Waals surface area (Å²) in [6.45, 7) is 11.0. The molecule has 0 aromatic heterocycles. The summed E-state index contributed by atoms with van der Waals surface area (Å²) in [6.07, 6.45) is 7.22. The summed E-state index contributed by atoms with van der Waals surface area (Å²) in [5.74, 6) is 0. The van der Waals surface area contributed by atoms with Crippen molar-refractivity contribution in [2.75, 3.05) is 20.2 Å². The van der Waals surface area contributed by atoms with Crippen molar-refractivity contribution in [1.29, 1.82) is 0 Å². The van der Waals surface area contributed by atoms with Gasteiger partial charge in [0.1, 0.15) is 0 Å². The Kier molecular flexibility index (Phi) is 5.94. The van der Waals surface area contributed by atoms with Crippen LogP contribution in [0.25, 0.3) is 0 Å². The Morgan fingerprint density at radius 3 is 2.12 bits per heavy atom. The van der Waals surface area contributed by atoms with E-state index in [1.54, 1.807) is 0 Å². The average molecular weight is 241 g/mol. The van der Waals surface area contributed by atoms with E-state index in [2.05, 4.69) is 39.6 Å². The molecule has 0 amide bonds. The molecule has 1 rings (SSSR count). The Balaban J connectivity index is 2.57. The van der Waals surface area contributed by atoms with E-state index in [-0.39, 0.29) is 0 Å². The minimum Gasteiger partial charge on any atom is -0.378 e. The van der Waals surface area contributed by atoms with Crippen LogP contribution in [-0.4, -0.2) is 37.2 Å². The number of hydrogen-bond acceptors (Lipinski definition) is 2. The van der Waals surface area contributed by atoms with E-state index in [0.29, 0.717) is 17.6 Å². The van der Waals surface area contributed by atoms with Crippen molar-refractivity contribution in [3.63, 3.8) is 0 Å². The maximum atomic E-state index is 5.94. The molecule has 2 nitrogen and oxygen atoms in total. The van der Waals surface area contributed by atoms with Crippen molar-refractivity contribution in [1.82, 2.24) is 4.90 Å². The fraction of sp³-hybridized carbons (Fsp3) is 1.00. The summed E-state index contributed by atoms with van der Waals surface area (Å²) in [5, 5.41) is 0. The lowest BCUT2D eigenvalue weighted by Crippen LogP contribution is -2.43. The van der Waals surface area contributed by atoms with Crippen LogP contribution in [0.1, 0.15) is 59.8 Å². The summed E-state index contributed by atoms with van der Waals surface area (Å²) < 4.78 is 5.94. The zero-order chi connectivity index (χ0) is 12.9. The zero-order valence-electron chi connectivity index (χ0n) is 12.5. The number of nitrogens with zero attached hydrogens (tertiary/aromatic N) is 1. The van der Waals surface area contributed by atoms with Crippen LogP contribution >= 0.6 is 0 Å². The molecule has 0 N–H and O–H groups in total. The van der Waals surface area contributed by atoms with Gasteiger partial charge in [-0.2, -0.15) is 0 Å². The summed E-state index contributed by atoms with van der Waals surface area (Å²) in [7, 11) is 2.25. The van der Waals surface area contributed by atoms with E-state index in [1.165, 1.54) is 38.6 Å². The van der Waals surface area contributed by atoms with E-state index in [1.807, 2.05) is 0 Å². The SMILES string of the molecule is CC(C)OCC1(CN(C)C(C)C)CCCCC1. The first-order valence-electron chi connectivity index (χ1n) is 7.27. The third-order valence-electron chi connectivity index (χ3n) is 4.10. The monoisotopic (exact) mass is 241 g/mol. The zero-order valence-corrected chi connectivity index (χ0v) is 12.5. The fourth-order valence-electron chi connectivity index (χ4n) is 2.70. The Bertz CT molecular complexity index is 207. The molecule has 1 aliphatic rings. The first kappa shape index (κ1) is 15.0. The van der Waals surface area contributed by atoms with Gasteiger partial charge in [-0.15, -0.1) is 0 Å². The van der Waals surface area contributed by atoms with Gasteiger partial charge < -0.3 is 9.64 Å². The summed E-state index contributed by atoms with van der Waals surface area (Å²) >= 11 is 0. The molecule has 0 radical (unpaired) electrons. The third-order valence-corrected chi connectivity index (χ3v) is 4.10. The van der Waals surface area contributed by atoms with E-state index in [9.17, 15) is 0 Å². The fourth-order valence-corrected chi connectivity index (χ4v) is 2.70. The average Bonchev–Trinajstić information content (AvgIpc) is 2.27. The highest BCUT2D eigenvalue weighted by Crippen LogP contribution is 2.37. The summed E-state index contributed by atoms with van der Waals surface area (Å²) in [5.41, 5.74) is 0.418. The lowest BCUT2D eigenvalue weighted by atomic mass is 9.74. The van der Waals surface area contributed by atoms with Crippen LogP contribution in [-0.2, 0) is 4.74 Å². The smallest absolute Gasteiger partial charge is 0.0538 e. The maximum Gasteiger partial charge on any atom is 0.0538 e.